The number of ether oxygens (including phenoxy) is 1. The molecule has 1 atom stereocenters. The Morgan fingerprint density at radius 3 is 2.70 bits per heavy atom. The van der Waals surface area contributed by atoms with E-state index in [4.69, 9.17) is 9.15 Å². The Balaban J connectivity index is 1.82. The van der Waals surface area contributed by atoms with Gasteiger partial charge in [0, 0.05) is 41.2 Å². The summed E-state index contributed by atoms with van der Waals surface area (Å²) in [5, 5.41) is 1.05. The number of rotatable bonds is 5. The number of likely N-dealkylation sites (tertiary alicyclic amines) is 1. The molecule has 1 aliphatic rings. The Morgan fingerprint density at radius 2 is 2.00 bits per heavy atom. The van der Waals surface area contributed by atoms with Crippen LogP contribution in [0, 0.1) is 26.7 Å². The van der Waals surface area contributed by atoms with Crippen molar-refractivity contribution in [1.29, 1.82) is 0 Å². The predicted octanol–water partition coefficient (Wildman–Crippen LogP) is 7.09. The first kappa shape index (κ1) is 23.2. The highest BCUT2D eigenvalue weighted by molar-refractivity contribution is 6.02. The van der Waals surface area contributed by atoms with Gasteiger partial charge in [0.05, 0.1) is 12.9 Å². The summed E-state index contributed by atoms with van der Waals surface area (Å²) in [6.07, 6.45) is 5.88. The van der Waals surface area contributed by atoms with Crippen LogP contribution in [-0.2, 0) is 4.79 Å². The maximum atomic E-state index is 13.1. The minimum atomic E-state index is 0.0843. The van der Waals surface area contributed by atoms with Gasteiger partial charge in [-0.25, -0.2) is 0 Å². The fourth-order valence-corrected chi connectivity index (χ4v) is 5.01. The second-order valence-corrected chi connectivity index (χ2v) is 9.51. The summed E-state index contributed by atoms with van der Waals surface area (Å²) in [6.45, 7) is 14.7. The van der Waals surface area contributed by atoms with Crippen molar-refractivity contribution in [3.63, 3.8) is 0 Å². The number of allylic oxidation sites excluding steroid dienone is 1. The van der Waals surface area contributed by atoms with Gasteiger partial charge < -0.3 is 14.1 Å². The summed E-state index contributed by atoms with van der Waals surface area (Å²) in [7, 11) is 0. The molecule has 3 aromatic rings. The number of piperidine rings is 1. The molecule has 0 bridgehead atoms. The van der Waals surface area contributed by atoms with E-state index < -0.39 is 0 Å². The molecule has 1 aromatic heterocycles. The lowest BCUT2D eigenvalue weighted by Crippen LogP contribution is -2.38. The molecule has 0 N–H and O–H groups in total. The van der Waals surface area contributed by atoms with Crippen molar-refractivity contribution < 1.29 is 13.9 Å². The Bertz CT molecular complexity index is 1220. The quantitative estimate of drug-likeness (QED) is 0.394. The maximum absolute atomic E-state index is 13.1. The Morgan fingerprint density at radius 1 is 1.21 bits per heavy atom. The van der Waals surface area contributed by atoms with Gasteiger partial charge in [-0.15, -0.1) is 0 Å². The van der Waals surface area contributed by atoms with Crippen LogP contribution in [0.5, 0.6) is 5.75 Å². The number of carbonyl (C=O) groups excluding carboxylic acids is 1. The van der Waals surface area contributed by atoms with Gasteiger partial charge in [0.1, 0.15) is 11.3 Å². The first-order valence-electron chi connectivity index (χ1n) is 12.0. The lowest BCUT2D eigenvalue weighted by Gasteiger charge is -2.30. The normalized spacial score (nSPS) is 17.0. The fourth-order valence-electron chi connectivity index (χ4n) is 5.01. The SMILES string of the molecule is CCOc1c(/C(C)=C/C(=O)N2CCCC(C)C2)cc2c(-c3ccc(C)cc3C)coc2c1C. The highest BCUT2D eigenvalue weighted by Crippen LogP contribution is 2.41. The van der Waals surface area contributed by atoms with Gasteiger partial charge in [0.2, 0.25) is 5.91 Å². The van der Waals surface area contributed by atoms with Gasteiger partial charge in [-0.1, -0.05) is 30.7 Å². The number of benzene rings is 2. The van der Waals surface area contributed by atoms with Crippen molar-refractivity contribution in [2.45, 2.75) is 54.4 Å². The molecule has 4 rings (SSSR count). The number of hydrogen-bond acceptors (Lipinski definition) is 3. The first-order valence-corrected chi connectivity index (χ1v) is 12.0. The summed E-state index contributed by atoms with van der Waals surface area (Å²) in [5.41, 5.74) is 8.35. The summed E-state index contributed by atoms with van der Waals surface area (Å²) in [6, 6.07) is 8.61. The molecular formula is C29H35NO3. The fraction of sp³-hybridized carbons (Fsp3) is 0.414. The highest BCUT2D eigenvalue weighted by atomic mass is 16.5. The molecule has 2 aromatic carbocycles. The smallest absolute Gasteiger partial charge is 0.246 e. The molecule has 174 valence electrons. The van der Waals surface area contributed by atoms with Crippen LogP contribution in [0.2, 0.25) is 0 Å². The van der Waals surface area contributed by atoms with Crippen LogP contribution in [-0.4, -0.2) is 30.5 Å². The summed E-state index contributed by atoms with van der Waals surface area (Å²) in [4.78, 5) is 15.0. The average Bonchev–Trinajstić information content (AvgIpc) is 3.19. The third-order valence-corrected chi connectivity index (χ3v) is 6.74. The van der Waals surface area contributed by atoms with Gasteiger partial charge in [-0.05, 0) is 76.1 Å². The average molecular weight is 446 g/mol. The topological polar surface area (TPSA) is 42.7 Å². The number of aryl methyl sites for hydroxylation is 3. The minimum absolute atomic E-state index is 0.0843. The van der Waals surface area contributed by atoms with Gasteiger partial charge in [0.25, 0.3) is 0 Å². The molecule has 0 saturated carbocycles. The highest BCUT2D eigenvalue weighted by Gasteiger charge is 2.22. The minimum Gasteiger partial charge on any atom is -0.493 e. The third kappa shape index (κ3) is 4.57. The van der Waals surface area contributed by atoms with Crippen LogP contribution >= 0.6 is 0 Å². The summed E-state index contributed by atoms with van der Waals surface area (Å²) < 4.78 is 12.1. The van der Waals surface area contributed by atoms with Gasteiger partial charge >= 0.3 is 0 Å². The van der Waals surface area contributed by atoms with Gasteiger partial charge in [0.15, 0.2) is 0 Å². The molecule has 1 aliphatic heterocycles. The van der Waals surface area contributed by atoms with E-state index in [0.29, 0.717) is 12.5 Å². The van der Waals surface area contributed by atoms with Crippen LogP contribution in [0.4, 0.5) is 0 Å². The van der Waals surface area contributed by atoms with E-state index in [9.17, 15) is 4.79 Å². The van der Waals surface area contributed by atoms with Crippen LogP contribution in [0.1, 0.15) is 55.9 Å². The molecular weight excluding hydrogens is 410 g/mol. The van der Waals surface area contributed by atoms with Crippen LogP contribution < -0.4 is 4.74 Å². The second-order valence-electron chi connectivity index (χ2n) is 9.51. The van der Waals surface area contributed by atoms with Crippen molar-refractivity contribution in [2.75, 3.05) is 19.7 Å². The van der Waals surface area contributed by atoms with Crippen molar-refractivity contribution in [3.8, 4) is 16.9 Å². The Labute approximate surface area is 197 Å². The molecule has 1 fully saturated rings. The molecule has 0 spiro atoms. The molecule has 0 aliphatic carbocycles. The third-order valence-electron chi connectivity index (χ3n) is 6.74. The van der Waals surface area contributed by atoms with Crippen LogP contribution in [0.25, 0.3) is 27.7 Å². The zero-order valence-electron chi connectivity index (χ0n) is 20.7. The molecule has 1 unspecified atom stereocenters. The second kappa shape index (κ2) is 9.46. The predicted molar refractivity (Wildman–Crippen MR) is 136 cm³/mol. The zero-order valence-corrected chi connectivity index (χ0v) is 20.7. The van der Waals surface area contributed by atoms with E-state index >= 15 is 0 Å². The summed E-state index contributed by atoms with van der Waals surface area (Å²) >= 11 is 0. The van der Waals surface area contributed by atoms with E-state index in [-0.39, 0.29) is 5.91 Å². The van der Waals surface area contributed by atoms with Crippen molar-refractivity contribution >= 4 is 22.4 Å². The number of hydrogen-bond donors (Lipinski definition) is 0. The lowest BCUT2D eigenvalue weighted by molar-refractivity contribution is -0.127. The van der Waals surface area contributed by atoms with E-state index in [1.165, 1.54) is 17.5 Å². The number of fused-ring (bicyclic) bond motifs is 1. The van der Waals surface area contributed by atoms with E-state index in [1.807, 2.05) is 31.9 Å². The largest absolute Gasteiger partial charge is 0.493 e. The number of nitrogens with zero attached hydrogens (tertiary/aromatic N) is 1. The van der Waals surface area contributed by atoms with E-state index in [2.05, 4.69) is 45.0 Å². The monoisotopic (exact) mass is 445 g/mol. The molecule has 1 amide bonds. The molecule has 4 heteroatoms. The molecule has 2 heterocycles. The lowest BCUT2D eigenvalue weighted by atomic mass is 9.94. The van der Waals surface area contributed by atoms with Crippen molar-refractivity contribution in [1.82, 2.24) is 4.90 Å². The Hall–Kier alpha value is -3.01. The molecule has 0 radical (unpaired) electrons. The Kier molecular flexibility index (Phi) is 6.64. The van der Waals surface area contributed by atoms with E-state index in [1.54, 1.807) is 6.08 Å². The molecule has 1 saturated heterocycles. The summed E-state index contributed by atoms with van der Waals surface area (Å²) in [5.74, 6) is 1.43. The maximum Gasteiger partial charge on any atom is 0.246 e. The standard InChI is InChI=1S/C29H35NO3/c1-7-32-28-22(6)29-25(26(17-33-29)23-11-10-18(2)13-20(23)4)15-24(28)21(5)14-27(31)30-12-8-9-19(3)16-30/h10-11,13-15,17,19H,7-9,12,16H2,1-6H3/b21-14+. The number of carbonyl (C=O) groups is 1. The molecule has 4 nitrogen and oxygen atoms in total. The number of amides is 1. The van der Waals surface area contributed by atoms with Gasteiger partial charge in [-0.2, -0.15) is 0 Å². The van der Waals surface area contributed by atoms with Crippen molar-refractivity contribution in [3.05, 3.63) is 58.9 Å². The first-order chi connectivity index (χ1) is 15.8. The van der Waals surface area contributed by atoms with E-state index in [0.717, 1.165) is 64.1 Å². The number of furan rings is 1. The van der Waals surface area contributed by atoms with Gasteiger partial charge in [-0.3, -0.25) is 4.79 Å². The molecule has 33 heavy (non-hydrogen) atoms. The van der Waals surface area contributed by atoms with Crippen LogP contribution in [0.3, 0.4) is 0 Å². The van der Waals surface area contributed by atoms with Crippen LogP contribution in [0.15, 0.2) is 41.0 Å². The zero-order chi connectivity index (χ0) is 23.7. The van der Waals surface area contributed by atoms with Crippen molar-refractivity contribution in [2.24, 2.45) is 5.92 Å².